The van der Waals surface area contributed by atoms with E-state index >= 15 is 0 Å². The molecule has 1 aliphatic heterocycles. The van der Waals surface area contributed by atoms with Crippen LogP contribution in [-0.2, 0) is 6.42 Å². The van der Waals surface area contributed by atoms with E-state index in [0.29, 0.717) is 5.02 Å². The zero-order chi connectivity index (χ0) is 14.1. The summed E-state index contributed by atoms with van der Waals surface area (Å²) in [5, 5.41) is 10.3. The van der Waals surface area contributed by atoms with Crippen molar-refractivity contribution < 1.29 is 5.11 Å². The smallest absolute Gasteiger partial charge is 0.0776 e. The van der Waals surface area contributed by atoms with Crippen LogP contribution < -0.4 is 4.90 Å². The highest BCUT2D eigenvalue weighted by Crippen LogP contribution is 2.36. The third-order valence-corrected chi connectivity index (χ3v) is 4.18. The first-order valence-electron chi connectivity index (χ1n) is 7.00. The Morgan fingerprint density at radius 2 is 2.00 bits per heavy atom. The molecule has 1 heterocycles. The number of hydrogen-bond acceptors (Lipinski definition) is 2. The van der Waals surface area contributed by atoms with Crippen LogP contribution in [0.5, 0.6) is 0 Å². The molecule has 0 radical (unpaired) electrons. The third-order valence-electron chi connectivity index (χ3n) is 3.86. The van der Waals surface area contributed by atoms with Crippen LogP contribution in [0, 0.1) is 0 Å². The van der Waals surface area contributed by atoms with E-state index in [1.54, 1.807) is 6.92 Å². The minimum Gasteiger partial charge on any atom is -0.389 e. The van der Waals surface area contributed by atoms with Gasteiger partial charge in [0.1, 0.15) is 0 Å². The van der Waals surface area contributed by atoms with Crippen LogP contribution >= 0.6 is 11.6 Å². The topological polar surface area (TPSA) is 23.5 Å². The highest BCUT2D eigenvalue weighted by molar-refractivity contribution is 6.31. The quantitative estimate of drug-likeness (QED) is 0.880. The lowest BCUT2D eigenvalue weighted by Crippen LogP contribution is -2.24. The van der Waals surface area contributed by atoms with Gasteiger partial charge in [0, 0.05) is 22.9 Å². The Morgan fingerprint density at radius 3 is 2.75 bits per heavy atom. The van der Waals surface area contributed by atoms with Crippen molar-refractivity contribution in [2.24, 2.45) is 0 Å². The predicted molar refractivity (Wildman–Crippen MR) is 83.9 cm³/mol. The Morgan fingerprint density at radius 1 is 1.20 bits per heavy atom. The van der Waals surface area contributed by atoms with Gasteiger partial charge in [0.05, 0.1) is 6.10 Å². The summed E-state index contributed by atoms with van der Waals surface area (Å²) in [7, 11) is 0. The van der Waals surface area contributed by atoms with Crippen molar-refractivity contribution >= 4 is 23.0 Å². The summed E-state index contributed by atoms with van der Waals surface area (Å²) in [5.74, 6) is 0. The number of anilines is 2. The molecular formula is C17H18ClNO. The molecule has 0 amide bonds. The summed E-state index contributed by atoms with van der Waals surface area (Å²) in [4.78, 5) is 2.30. The molecule has 2 aromatic carbocycles. The average molecular weight is 288 g/mol. The summed E-state index contributed by atoms with van der Waals surface area (Å²) in [5.41, 5.74) is 4.52. The number of aliphatic hydroxyl groups excluding tert-OH is 1. The van der Waals surface area contributed by atoms with E-state index in [0.717, 1.165) is 30.6 Å². The SMILES string of the molecule is CC(O)c1ccc(N2CCCc3ccccc32)cc1Cl. The number of hydrogen-bond donors (Lipinski definition) is 1. The van der Waals surface area contributed by atoms with Crippen LogP contribution in [0.1, 0.15) is 30.6 Å². The number of rotatable bonds is 2. The maximum atomic E-state index is 9.67. The molecule has 104 valence electrons. The molecule has 0 bridgehead atoms. The average Bonchev–Trinajstić information content (AvgIpc) is 2.46. The first-order valence-corrected chi connectivity index (χ1v) is 7.37. The van der Waals surface area contributed by atoms with Crippen LogP contribution in [0.25, 0.3) is 0 Å². The van der Waals surface area contributed by atoms with Gasteiger partial charge in [0.15, 0.2) is 0 Å². The van der Waals surface area contributed by atoms with Crippen molar-refractivity contribution in [1.29, 1.82) is 0 Å². The lowest BCUT2D eigenvalue weighted by molar-refractivity contribution is 0.199. The van der Waals surface area contributed by atoms with Crippen molar-refractivity contribution in [2.75, 3.05) is 11.4 Å². The van der Waals surface area contributed by atoms with Gasteiger partial charge in [-0.05, 0) is 49.1 Å². The van der Waals surface area contributed by atoms with Crippen molar-refractivity contribution in [3.05, 3.63) is 58.6 Å². The molecule has 0 aromatic heterocycles. The minimum atomic E-state index is -0.537. The lowest BCUT2D eigenvalue weighted by Gasteiger charge is -2.31. The van der Waals surface area contributed by atoms with E-state index in [9.17, 15) is 5.11 Å². The van der Waals surface area contributed by atoms with Gasteiger partial charge in [-0.3, -0.25) is 0 Å². The van der Waals surface area contributed by atoms with Gasteiger partial charge < -0.3 is 10.0 Å². The van der Waals surface area contributed by atoms with Gasteiger partial charge in [0.25, 0.3) is 0 Å². The predicted octanol–water partition coefficient (Wildman–Crippen LogP) is 4.48. The molecule has 0 saturated carbocycles. The molecule has 0 spiro atoms. The highest BCUT2D eigenvalue weighted by Gasteiger charge is 2.18. The maximum Gasteiger partial charge on any atom is 0.0776 e. The number of halogens is 1. The molecule has 0 saturated heterocycles. The number of aliphatic hydroxyl groups is 1. The van der Waals surface area contributed by atoms with Gasteiger partial charge in [0.2, 0.25) is 0 Å². The molecule has 2 aromatic rings. The van der Waals surface area contributed by atoms with E-state index < -0.39 is 6.10 Å². The first kappa shape index (κ1) is 13.5. The Balaban J connectivity index is 2.00. The second-order valence-corrected chi connectivity index (χ2v) is 5.67. The molecule has 0 fully saturated rings. The van der Waals surface area contributed by atoms with Crippen molar-refractivity contribution in [1.82, 2.24) is 0 Å². The summed E-state index contributed by atoms with van der Waals surface area (Å²) in [6.45, 7) is 2.73. The van der Waals surface area contributed by atoms with Crippen molar-refractivity contribution in [3.63, 3.8) is 0 Å². The highest BCUT2D eigenvalue weighted by atomic mass is 35.5. The number of fused-ring (bicyclic) bond motifs is 1. The fourth-order valence-electron chi connectivity index (χ4n) is 2.82. The molecule has 1 N–H and O–H groups in total. The number of para-hydroxylation sites is 1. The first-order chi connectivity index (χ1) is 9.66. The zero-order valence-corrected chi connectivity index (χ0v) is 12.3. The molecule has 20 heavy (non-hydrogen) atoms. The molecule has 1 atom stereocenters. The van der Waals surface area contributed by atoms with E-state index in [-0.39, 0.29) is 0 Å². The van der Waals surface area contributed by atoms with Crippen molar-refractivity contribution in [2.45, 2.75) is 25.9 Å². The van der Waals surface area contributed by atoms with Crippen LogP contribution in [0.15, 0.2) is 42.5 Å². The Bertz CT molecular complexity index is 624. The van der Waals surface area contributed by atoms with E-state index in [4.69, 9.17) is 11.6 Å². The van der Waals surface area contributed by atoms with Crippen LogP contribution in [0.4, 0.5) is 11.4 Å². The monoisotopic (exact) mass is 287 g/mol. The van der Waals surface area contributed by atoms with Gasteiger partial charge in [-0.15, -0.1) is 0 Å². The number of aryl methyl sites for hydroxylation is 1. The van der Waals surface area contributed by atoms with Crippen LogP contribution in [0.3, 0.4) is 0 Å². The van der Waals surface area contributed by atoms with Gasteiger partial charge >= 0.3 is 0 Å². The maximum absolute atomic E-state index is 9.67. The molecular weight excluding hydrogens is 270 g/mol. The third kappa shape index (κ3) is 2.41. The van der Waals surface area contributed by atoms with E-state index in [1.165, 1.54) is 11.3 Å². The number of nitrogens with zero attached hydrogens (tertiary/aromatic N) is 1. The summed E-state index contributed by atoms with van der Waals surface area (Å²) in [6, 6.07) is 14.4. The number of benzene rings is 2. The standard InChI is InChI=1S/C17H18ClNO/c1-12(20)15-9-8-14(11-16(15)18)19-10-4-6-13-5-2-3-7-17(13)19/h2-3,5,7-9,11-12,20H,4,6,10H2,1H3. The zero-order valence-electron chi connectivity index (χ0n) is 11.5. The molecule has 1 aliphatic rings. The molecule has 3 rings (SSSR count). The van der Waals surface area contributed by atoms with Gasteiger partial charge in [-0.25, -0.2) is 0 Å². The van der Waals surface area contributed by atoms with Crippen LogP contribution in [-0.4, -0.2) is 11.7 Å². The molecule has 1 unspecified atom stereocenters. The largest absolute Gasteiger partial charge is 0.389 e. The summed E-state index contributed by atoms with van der Waals surface area (Å²) >= 11 is 6.28. The van der Waals surface area contributed by atoms with Gasteiger partial charge in [-0.2, -0.15) is 0 Å². The Hall–Kier alpha value is -1.51. The van der Waals surface area contributed by atoms with E-state index in [2.05, 4.69) is 29.2 Å². The Kier molecular flexibility index (Phi) is 3.68. The van der Waals surface area contributed by atoms with Gasteiger partial charge in [-0.1, -0.05) is 35.9 Å². The minimum absolute atomic E-state index is 0.537. The Labute approximate surface area is 124 Å². The van der Waals surface area contributed by atoms with E-state index in [1.807, 2.05) is 18.2 Å². The summed E-state index contributed by atoms with van der Waals surface area (Å²) < 4.78 is 0. The second-order valence-electron chi connectivity index (χ2n) is 5.27. The fourth-order valence-corrected chi connectivity index (χ4v) is 3.16. The lowest BCUT2D eigenvalue weighted by atomic mass is 10.0. The molecule has 3 heteroatoms. The molecule has 2 nitrogen and oxygen atoms in total. The normalized spacial score (nSPS) is 15.8. The fraction of sp³-hybridized carbons (Fsp3) is 0.294. The summed E-state index contributed by atoms with van der Waals surface area (Å²) in [6.07, 6.45) is 1.74. The molecule has 0 aliphatic carbocycles. The van der Waals surface area contributed by atoms with Crippen LogP contribution in [0.2, 0.25) is 5.02 Å². The second kappa shape index (κ2) is 5.47. The van der Waals surface area contributed by atoms with Crippen molar-refractivity contribution in [3.8, 4) is 0 Å².